The Kier molecular flexibility index (Phi) is 5.92. The second-order valence-corrected chi connectivity index (χ2v) is 7.76. The van der Waals surface area contributed by atoms with Gasteiger partial charge in [-0.1, -0.05) is 6.08 Å². The Labute approximate surface area is 174 Å². The van der Waals surface area contributed by atoms with Crippen molar-refractivity contribution in [1.29, 1.82) is 0 Å². The number of carbonyl (C=O) groups is 1. The zero-order chi connectivity index (χ0) is 19.1. The van der Waals surface area contributed by atoms with E-state index < -0.39 is 0 Å². The fraction of sp³-hybridized carbons (Fsp3) is 0.476. The highest BCUT2D eigenvalue weighted by Crippen LogP contribution is 2.30. The summed E-state index contributed by atoms with van der Waals surface area (Å²) in [4.78, 5) is 17.7. The van der Waals surface area contributed by atoms with Crippen molar-refractivity contribution < 1.29 is 18.7 Å². The van der Waals surface area contributed by atoms with Crippen molar-refractivity contribution in [2.24, 2.45) is 0 Å². The van der Waals surface area contributed by atoms with E-state index in [-0.39, 0.29) is 42.4 Å². The number of amides is 1. The second-order valence-electron chi connectivity index (χ2n) is 7.76. The van der Waals surface area contributed by atoms with Gasteiger partial charge in [0.25, 0.3) is 0 Å². The van der Waals surface area contributed by atoms with E-state index in [9.17, 15) is 9.18 Å². The lowest BCUT2D eigenvalue weighted by Gasteiger charge is -2.34. The molecule has 0 radical (unpaired) electrons. The number of H-pyrrole nitrogens is 1. The summed E-state index contributed by atoms with van der Waals surface area (Å²) in [7, 11) is 0. The summed E-state index contributed by atoms with van der Waals surface area (Å²) >= 11 is 0. The van der Waals surface area contributed by atoms with E-state index in [4.69, 9.17) is 9.47 Å². The van der Waals surface area contributed by atoms with Crippen LogP contribution in [-0.4, -0.2) is 66.9 Å². The van der Waals surface area contributed by atoms with E-state index in [1.165, 1.54) is 17.7 Å². The smallest absolute Gasteiger partial charge is 0.225 e. The molecule has 1 amide bonds. The molecule has 1 aromatic carbocycles. The van der Waals surface area contributed by atoms with Crippen molar-refractivity contribution in [2.75, 3.05) is 32.8 Å². The highest BCUT2D eigenvalue weighted by molar-refractivity contribution is 5.93. The normalized spacial score (nSPS) is 26.7. The molecule has 156 valence electrons. The van der Waals surface area contributed by atoms with E-state index >= 15 is 0 Å². The summed E-state index contributed by atoms with van der Waals surface area (Å²) in [6, 6.07) is 5.06. The summed E-state index contributed by atoms with van der Waals surface area (Å²) in [5.41, 5.74) is 3.09. The number of fused-ring (bicyclic) bond motifs is 2. The fourth-order valence-corrected chi connectivity index (χ4v) is 4.39. The molecule has 2 saturated heterocycles. The Bertz CT molecular complexity index is 931. The second kappa shape index (κ2) is 8.44. The molecule has 2 aromatic rings. The van der Waals surface area contributed by atoms with Crippen LogP contribution in [0.25, 0.3) is 16.5 Å². The van der Waals surface area contributed by atoms with Crippen LogP contribution in [0.15, 0.2) is 30.5 Å². The standard InChI is InChI=1S/C21H24FN3O3.ClH/c22-14-1-2-16-17(10-24-18(16)7-14)13-3-5-25(6-4-13)21(26)8-15-9-23-19-11-27-12-20(19)28-15;/h1-3,7,10,15,19-20,23-24H,4-6,8-9,11-12H2;1H/t15-,19-,20-;/m1./s1. The van der Waals surface area contributed by atoms with Crippen LogP contribution in [0.4, 0.5) is 4.39 Å². The minimum absolute atomic E-state index is 0. The van der Waals surface area contributed by atoms with Gasteiger partial charge < -0.3 is 24.7 Å². The van der Waals surface area contributed by atoms with Crippen LogP contribution < -0.4 is 5.32 Å². The van der Waals surface area contributed by atoms with Crippen molar-refractivity contribution in [1.82, 2.24) is 15.2 Å². The Morgan fingerprint density at radius 2 is 2.21 bits per heavy atom. The SMILES string of the molecule is Cl.O=C(C[C@@H]1CN[C@@H]2COC[C@H]2O1)N1CC=C(c2c[nH]c3cc(F)ccc23)CC1. The highest BCUT2D eigenvalue weighted by Gasteiger charge is 2.36. The monoisotopic (exact) mass is 421 g/mol. The molecule has 0 spiro atoms. The van der Waals surface area contributed by atoms with Crippen LogP contribution in [0.1, 0.15) is 18.4 Å². The third kappa shape index (κ3) is 4.05. The molecule has 3 atom stereocenters. The molecule has 6 nitrogen and oxygen atoms in total. The summed E-state index contributed by atoms with van der Waals surface area (Å²) in [6.45, 7) is 3.26. The number of morpholine rings is 1. The first-order valence-corrected chi connectivity index (χ1v) is 9.88. The molecule has 0 saturated carbocycles. The summed E-state index contributed by atoms with van der Waals surface area (Å²) < 4.78 is 24.8. The van der Waals surface area contributed by atoms with Gasteiger partial charge in [-0.3, -0.25) is 4.79 Å². The number of carbonyl (C=O) groups excluding carboxylic acids is 1. The predicted octanol–water partition coefficient (Wildman–Crippen LogP) is 2.49. The molecule has 0 bridgehead atoms. The van der Waals surface area contributed by atoms with E-state index in [1.807, 2.05) is 17.2 Å². The third-order valence-corrected chi connectivity index (χ3v) is 5.96. The van der Waals surface area contributed by atoms with Gasteiger partial charge >= 0.3 is 0 Å². The summed E-state index contributed by atoms with van der Waals surface area (Å²) in [5.74, 6) is -0.120. The van der Waals surface area contributed by atoms with Crippen LogP contribution in [0, 0.1) is 5.82 Å². The van der Waals surface area contributed by atoms with Gasteiger partial charge in [0, 0.05) is 42.3 Å². The molecule has 29 heavy (non-hydrogen) atoms. The van der Waals surface area contributed by atoms with Crippen LogP contribution in [0.2, 0.25) is 0 Å². The van der Waals surface area contributed by atoms with Gasteiger partial charge in [0.1, 0.15) is 5.82 Å². The molecule has 8 heteroatoms. The zero-order valence-electron chi connectivity index (χ0n) is 16.0. The number of benzene rings is 1. The Hall–Kier alpha value is -1.93. The maximum absolute atomic E-state index is 13.4. The first kappa shape index (κ1) is 20.3. The van der Waals surface area contributed by atoms with Gasteiger partial charge in [-0.25, -0.2) is 4.39 Å². The minimum atomic E-state index is -0.245. The van der Waals surface area contributed by atoms with Gasteiger partial charge in [-0.2, -0.15) is 0 Å². The molecule has 3 aliphatic heterocycles. The summed E-state index contributed by atoms with van der Waals surface area (Å²) in [5, 5.41) is 4.44. The number of hydrogen-bond donors (Lipinski definition) is 2. The lowest BCUT2D eigenvalue weighted by atomic mass is 9.98. The molecule has 5 rings (SSSR count). The maximum atomic E-state index is 13.4. The van der Waals surface area contributed by atoms with Crippen LogP contribution in [0.5, 0.6) is 0 Å². The zero-order valence-corrected chi connectivity index (χ0v) is 16.8. The minimum Gasteiger partial charge on any atom is -0.377 e. The first-order valence-electron chi connectivity index (χ1n) is 9.88. The Morgan fingerprint density at radius 3 is 3.03 bits per heavy atom. The molecule has 2 fully saturated rings. The number of hydrogen-bond acceptors (Lipinski definition) is 4. The van der Waals surface area contributed by atoms with E-state index in [0.29, 0.717) is 39.3 Å². The van der Waals surface area contributed by atoms with Gasteiger partial charge in [-0.05, 0) is 30.2 Å². The van der Waals surface area contributed by atoms with Crippen molar-refractivity contribution >= 4 is 34.8 Å². The van der Waals surface area contributed by atoms with Gasteiger partial charge in [0.2, 0.25) is 5.91 Å². The maximum Gasteiger partial charge on any atom is 0.225 e. The molecule has 2 N–H and O–H groups in total. The lowest BCUT2D eigenvalue weighted by molar-refractivity contribution is -0.136. The third-order valence-electron chi connectivity index (χ3n) is 5.96. The Balaban J connectivity index is 0.00000205. The largest absolute Gasteiger partial charge is 0.377 e. The van der Waals surface area contributed by atoms with Crippen molar-refractivity contribution in [2.45, 2.75) is 31.1 Å². The average Bonchev–Trinajstić information content (AvgIpc) is 3.34. The topological polar surface area (TPSA) is 66.6 Å². The number of nitrogens with zero attached hydrogens (tertiary/aromatic N) is 1. The molecule has 0 unspecified atom stereocenters. The lowest BCUT2D eigenvalue weighted by Crippen LogP contribution is -2.53. The number of aromatic nitrogens is 1. The fourth-order valence-electron chi connectivity index (χ4n) is 4.39. The quantitative estimate of drug-likeness (QED) is 0.799. The average molecular weight is 422 g/mol. The van der Waals surface area contributed by atoms with E-state index in [2.05, 4.69) is 16.4 Å². The molecular formula is C21H25ClFN3O3. The number of halogens is 2. The van der Waals surface area contributed by atoms with Gasteiger partial charge in [0.15, 0.2) is 0 Å². The predicted molar refractivity (Wildman–Crippen MR) is 111 cm³/mol. The van der Waals surface area contributed by atoms with Crippen molar-refractivity contribution in [3.63, 3.8) is 0 Å². The van der Waals surface area contributed by atoms with Gasteiger partial charge in [0.05, 0.1) is 37.9 Å². The van der Waals surface area contributed by atoms with E-state index in [0.717, 1.165) is 22.9 Å². The molecule has 0 aliphatic carbocycles. The Morgan fingerprint density at radius 1 is 1.31 bits per heavy atom. The highest BCUT2D eigenvalue weighted by atomic mass is 35.5. The number of ether oxygens (including phenoxy) is 2. The number of aromatic amines is 1. The molecular weight excluding hydrogens is 397 g/mol. The number of rotatable bonds is 3. The molecule has 4 heterocycles. The molecule has 1 aromatic heterocycles. The van der Waals surface area contributed by atoms with Crippen LogP contribution >= 0.6 is 12.4 Å². The summed E-state index contributed by atoms with van der Waals surface area (Å²) in [6.07, 6.45) is 5.18. The first-order chi connectivity index (χ1) is 13.7. The van der Waals surface area contributed by atoms with Crippen molar-refractivity contribution in [3.05, 3.63) is 41.9 Å². The van der Waals surface area contributed by atoms with E-state index in [1.54, 1.807) is 0 Å². The van der Waals surface area contributed by atoms with Crippen molar-refractivity contribution in [3.8, 4) is 0 Å². The number of nitrogens with one attached hydrogen (secondary N) is 2. The van der Waals surface area contributed by atoms with Gasteiger partial charge in [-0.15, -0.1) is 12.4 Å². The molecule has 3 aliphatic rings. The van der Waals surface area contributed by atoms with Crippen LogP contribution in [0.3, 0.4) is 0 Å². The van der Waals surface area contributed by atoms with Crippen LogP contribution in [-0.2, 0) is 14.3 Å².